The van der Waals surface area contributed by atoms with Gasteiger partial charge in [0.1, 0.15) is 12.4 Å². The van der Waals surface area contributed by atoms with Gasteiger partial charge in [0, 0.05) is 0 Å². The lowest BCUT2D eigenvalue weighted by molar-refractivity contribution is -0.735. The van der Waals surface area contributed by atoms with E-state index in [4.69, 9.17) is 0 Å². The molecule has 0 aliphatic heterocycles. The number of sulfonamides is 4. The monoisotopic (exact) mass is 1190 g/mol. The van der Waals surface area contributed by atoms with Crippen LogP contribution >= 0.6 is 0 Å². The highest BCUT2D eigenvalue weighted by atomic mass is 32.3. The van der Waals surface area contributed by atoms with Crippen LogP contribution in [-0.2, 0) is 87.0 Å². The minimum atomic E-state index is -6.72. The molecule has 0 aliphatic rings. The molecule has 18 nitrogen and oxygen atoms in total. The van der Waals surface area contributed by atoms with Crippen LogP contribution in [0.25, 0.3) is 8.25 Å². The molecule has 0 aromatic carbocycles. The Bertz CT molecular complexity index is 2500. The molecule has 0 unspecified atom stereocenters. The lowest BCUT2D eigenvalue weighted by Crippen LogP contribution is -2.42. The van der Waals surface area contributed by atoms with Gasteiger partial charge in [0.25, 0.3) is 5.03 Å². The van der Waals surface area contributed by atoms with Gasteiger partial charge in [0.05, 0.1) is 27.2 Å². The van der Waals surface area contributed by atoms with Crippen molar-refractivity contribution < 1.29 is 139 Å². The van der Waals surface area contributed by atoms with E-state index in [1.165, 1.54) is 32.2 Å². The van der Waals surface area contributed by atoms with Crippen molar-refractivity contribution in [3.8, 4) is 0 Å². The SMILES string of the molecule is CCCCCCCC[n+]1cc(S(=O)(=O)C(F)(F)F)n(C)c1S(=O)(=O)C(F)(F)F.CCCCCCn1cc[n+](C)c1.O=S(=O)([N-]S(=O)(=O)C(F)(F)F)C(F)(F)F.O=S(=O)([N-]S(=O)(=O)C(F)(F)F)C(F)(F)F. The summed E-state index contributed by atoms with van der Waals surface area (Å²) in [5.74, 6) is 0. The molecule has 0 fully saturated rings. The molecule has 0 amide bonds. The number of unbranched alkanes of at least 4 members (excludes halogenated alkanes) is 8. The molecule has 2 aromatic heterocycles. The van der Waals surface area contributed by atoms with Gasteiger partial charge in [-0.15, -0.1) is 0 Å². The van der Waals surface area contributed by atoms with E-state index in [1.807, 2.05) is 6.92 Å². The molecule has 0 saturated heterocycles. The summed E-state index contributed by atoms with van der Waals surface area (Å²) >= 11 is 0. The van der Waals surface area contributed by atoms with Crippen molar-refractivity contribution in [1.29, 1.82) is 0 Å². The largest absolute Gasteiger partial charge is 0.509 e. The molecule has 2 aromatic rings. The summed E-state index contributed by atoms with van der Waals surface area (Å²) in [5.41, 5.74) is -36.4. The lowest BCUT2D eigenvalue weighted by Gasteiger charge is -2.22. The van der Waals surface area contributed by atoms with E-state index < -0.39 is 103 Å². The molecule has 0 bridgehead atoms. The fourth-order valence-electron chi connectivity index (χ4n) is 4.37. The highest BCUT2D eigenvalue weighted by Crippen LogP contribution is 2.38. The molecule has 70 heavy (non-hydrogen) atoms. The van der Waals surface area contributed by atoms with Crippen molar-refractivity contribution >= 4 is 59.8 Å². The zero-order valence-corrected chi connectivity index (χ0v) is 40.5. The van der Waals surface area contributed by atoms with E-state index in [2.05, 4.69) is 41.8 Å². The highest BCUT2D eigenvalue weighted by Gasteiger charge is 2.58. The van der Waals surface area contributed by atoms with Gasteiger partial charge in [-0.3, -0.25) is 0 Å². The molecule has 2 rings (SSSR count). The molecule has 416 valence electrons. The maximum Gasteiger partial charge on any atom is 0.509 e. The van der Waals surface area contributed by atoms with Crippen molar-refractivity contribution in [3.05, 3.63) is 33.2 Å². The Labute approximate surface area is 388 Å². The Balaban J connectivity index is 0. The standard InChI is InChI=1S/C14H21F6N2O4S2.C10H19N2.2C2F6NO4S2/c1-3-4-5-6-7-8-9-22-10-11(27(23,24)13(15,16)17)21(2)12(22)28(25,26)14(18,19)20;1-3-4-5-6-7-12-9-8-11(2)10-12;2*3-1(4,5)14(10,11)9-15(12,13)2(6,7)8/h10H,3-9H2,1-2H3;8-10H,3-7H2,1-2H3;;/q2*+1;2*-1. The van der Waals surface area contributed by atoms with Crippen LogP contribution in [0, 0.1) is 0 Å². The molecule has 0 N–H and O–H groups in total. The Morgan fingerprint density at radius 1 is 0.486 bits per heavy atom. The second-order valence-corrected chi connectivity index (χ2v) is 23.9. The lowest BCUT2D eigenvalue weighted by atomic mass is 10.1. The molecule has 0 spiro atoms. The van der Waals surface area contributed by atoms with Crippen molar-refractivity contribution in [2.75, 3.05) is 0 Å². The first-order valence-electron chi connectivity index (χ1n) is 18.3. The number of hydrogen-bond acceptors (Lipinski definition) is 12. The average Bonchev–Trinajstić information content (AvgIpc) is 3.70. The van der Waals surface area contributed by atoms with Crippen LogP contribution in [-0.4, -0.2) is 92.7 Å². The van der Waals surface area contributed by atoms with Crippen LogP contribution in [0.3, 0.4) is 0 Å². The summed E-state index contributed by atoms with van der Waals surface area (Å²) in [6, 6.07) is 0. The summed E-state index contributed by atoms with van der Waals surface area (Å²) in [5, 5.41) is -3.13. The molecule has 0 radical (unpaired) electrons. The number of rotatable bonds is 18. The number of nitrogens with zero attached hydrogens (tertiary/aromatic N) is 6. The van der Waals surface area contributed by atoms with E-state index in [1.54, 1.807) is 0 Å². The van der Waals surface area contributed by atoms with Crippen molar-refractivity contribution in [2.24, 2.45) is 14.1 Å². The minimum Gasteiger partial charge on any atom is -0.421 e. The fourth-order valence-corrected chi connectivity index (χ4v) is 9.92. The number of aryl methyl sites for hydroxylation is 3. The van der Waals surface area contributed by atoms with Gasteiger partial charge in [-0.1, -0.05) is 52.4 Å². The predicted octanol–water partition coefficient (Wildman–Crippen LogP) is 7.27. The van der Waals surface area contributed by atoms with Crippen LogP contribution in [0.1, 0.15) is 78.1 Å². The number of alkyl halides is 18. The highest BCUT2D eigenvalue weighted by molar-refractivity contribution is 8.13. The van der Waals surface area contributed by atoms with Gasteiger partial charge in [-0.2, -0.15) is 79.0 Å². The molecule has 0 aliphatic carbocycles. The van der Waals surface area contributed by atoms with Crippen molar-refractivity contribution in [2.45, 2.75) is 134 Å². The maximum absolute atomic E-state index is 13.0. The van der Waals surface area contributed by atoms with E-state index in [0.717, 1.165) is 27.5 Å². The number of imidazole rings is 2. The zero-order valence-electron chi connectivity index (χ0n) is 35.6. The second kappa shape index (κ2) is 25.1. The minimum absolute atomic E-state index is 0.0945. The van der Waals surface area contributed by atoms with Gasteiger partial charge in [-0.25, -0.2) is 68.8 Å². The first-order valence-corrected chi connectivity index (χ1v) is 27.0. The fraction of sp³-hybridized carbons (Fsp3) is 0.786. The first kappa shape index (κ1) is 68.9. The van der Waals surface area contributed by atoms with Gasteiger partial charge in [-0.05, 0) is 25.7 Å². The van der Waals surface area contributed by atoms with Crippen LogP contribution in [0.5, 0.6) is 0 Å². The Hall–Kier alpha value is -3.22. The molecular formula is C28H40F18N6O12S6. The Morgan fingerprint density at radius 2 is 0.814 bits per heavy atom. The quantitative estimate of drug-likeness (QED) is 0.0812. The summed E-state index contributed by atoms with van der Waals surface area (Å²) in [4.78, 5) is 0. The zero-order chi connectivity index (χ0) is 56.2. The first-order chi connectivity index (χ1) is 30.8. The van der Waals surface area contributed by atoms with Crippen LogP contribution < -0.4 is 9.13 Å². The Morgan fingerprint density at radius 3 is 1.11 bits per heavy atom. The third kappa shape index (κ3) is 20.4. The number of aromatic nitrogens is 4. The molecule has 0 atom stereocenters. The Kier molecular flexibility index (Phi) is 24.7. The van der Waals surface area contributed by atoms with E-state index in [9.17, 15) is 130 Å². The summed E-state index contributed by atoms with van der Waals surface area (Å²) in [7, 11) is -36.4. The molecular weight excluding hydrogens is 1150 g/mol. The number of halogens is 18. The molecule has 2 heterocycles. The van der Waals surface area contributed by atoms with Crippen LogP contribution in [0.15, 0.2) is 35.1 Å². The van der Waals surface area contributed by atoms with Crippen molar-refractivity contribution in [3.63, 3.8) is 0 Å². The van der Waals surface area contributed by atoms with Gasteiger partial charge in [0.2, 0.25) is 6.33 Å². The van der Waals surface area contributed by atoms with Crippen LogP contribution in [0.2, 0.25) is 0 Å². The molecule has 42 heteroatoms. The third-order valence-electron chi connectivity index (χ3n) is 7.66. The van der Waals surface area contributed by atoms with Crippen molar-refractivity contribution in [1.82, 2.24) is 9.13 Å². The normalized spacial score (nSPS) is 13.9. The summed E-state index contributed by atoms with van der Waals surface area (Å²) in [6.45, 7) is 5.01. The average molecular weight is 1190 g/mol. The maximum atomic E-state index is 13.0. The third-order valence-corrected chi connectivity index (χ3v) is 16.3. The van der Waals surface area contributed by atoms with E-state index >= 15 is 0 Å². The van der Waals surface area contributed by atoms with Gasteiger partial charge < -0.3 is 8.25 Å². The van der Waals surface area contributed by atoms with E-state index in [0.29, 0.717) is 24.5 Å². The van der Waals surface area contributed by atoms with E-state index in [-0.39, 0.29) is 23.7 Å². The van der Waals surface area contributed by atoms with Gasteiger partial charge >= 0.3 is 57.9 Å². The smallest absolute Gasteiger partial charge is 0.421 e. The van der Waals surface area contributed by atoms with Crippen LogP contribution in [0.4, 0.5) is 79.0 Å². The number of sulfone groups is 2. The molecule has 0 saturated carbocycles. The predicted molar refractivity (Wildman–Crippen MR) is 202 cm³/mol. The second-order valence-electron chi connectivity index (χ2n) is 13.4. The topological polar surface area (TPSA) is 251 Å². The number of hydrogen-bond donors (Lipinski definition) is 0. The summed E-state index contributed by atoms with van der Waals surface area (Å²) < 4.78 is 347. The van der Waals surface area contributed by atoms with Gasteiger partial charge in [0.15, 0.2) is 46.3 Å². The summed E-state index contributed by atoms with van der Waals surface area (Å²) in [6.07, 6.45) is 16.1.